The average Bonchev–Trinajstić information content (AvgIpc) is 2.49. The van der Waals surface area contributed by atoms with Gasteiger partial charge < -0.3 is 15.5 Å². The van der Waals surface area contributed by atoms with Crippen molar-refractivity contribution in [1.29, 1.82) is 0 Å². The monoisotopic (exact) mass is 287 g/mol. The first-order valence-corrected chi connectivity index (χ1v) is 7.07. The van der Waals surface area contributed by atoms with Gasteiger partial charge in [0.05, 0.1) is 13.2 Å². The Labute approximate surface area is 123 Å². The lowest BCUT2D eigenvalue weighted by Crippen LogP contribution is -2.62. The highest BCUT2D eigenvalue weighted by atomic mass is 19.1. The molecule has 2 aromatic rings. The molecular weight excluding hydrogens is 269 g/mol. The Kier molecular flexibility index (Phi) is 4.01. The molecule has 0 unspecified atom stereocenters. The summed E-state index contributed by atoms with van der Waals surface area (Å²) in [4.78, 5) is 0. The number of aliphatic hydroxyl groups is 2. The smallest absolute Gasteiger partial charge is 0.131 e. The molecule has 0 aliphatic carbocycles. The van der Waals surface area contributed by atoms with Gasteiger partial charge in [-0.3, -0.25) is 0 Å². The van der Waals surface area contributed by atoms with Gasteiger partial charge in [0.25, 0.3) is 0 Å². The molecule has 0 bridgehead atoms. The lowest BCUT2D eigenvalue weighted by Gasteiger charge is -2.45. The van der Waals surface area contributed by atoms with Crippen LogP contribution >= 0.6 is 0 Å². The molecule has 0 aromatic heterocycles. The van der Waals surface area contributed by atoms with E-state index in [2.05, 4.69) is 5.32 Å². The summed E-state index contributed by atoms with van der Waals surface area (Å²) < 4.78 is 13.8. The molecule has 1 aliphatic rings. The van der Waals surface area contributed by atoms with E-state index in [1.54, 1.807) is 12.1 Å². The van der Waals surface area contributed by atoms with Gasteiger partial charge in [0, 0.05) is 23.6 Å². The first kappa shape index (κ1) is 14.2. The van der Waals surface area contributed by atoms with Gasteiger partial charge in [-0.25, -0.2) is 4.39 Å². The number of aliphatic hydroxyl groups excluding tert-OH is 2. The van der Waals surface area contributed by atoms with Crippen LogP contribution < -0.4 is 5.32 Å². The van der Waals surface area contributed by atoms with Gasteiger partial charge in [-0.05, 0) is 17.2 Å². The van der Waals surface area contributed by atoms with Crippen LogP contribution in [0.1, 0.15) is 11.5 Å². The first-order valence-electron chi connectivity index (χ1n) is 7.07. The Morgan fingerprint density at radius 2 is 1.52 bits per heavy atom. The normalized spacial score (nSPS) is 22.0. The zero-order chi connectivity index (χ0) is 14.8. The summed E-state index contributed by atoms with van der Waals surface area (Å²) in [6.07, 6.45) is 0. The van der Waals surface area contributed by atoms with Crippen molar-refractivity contribution in [2.45, 2.75) is 18.0 Å². The maximum atomic E-state index is 13.8. The summed E-state index contributed by atoms with van der Waals surface area (Å²) in [6, 6.07) is 14.3. The van der Waals surface area contributed by atoms with E-state index in [0.717, 1.165) is 11.1 Å². The largest absolute Gasteiger partial charge is 0.395 e. The molecule has 0 radical (unpaired) electrons. The van der Waals surface area contributed by atoms with E-state index in [0.29, 0.717) is 5.56 Å². The summed E-state index contributed by atoms with van der Waals surface area (Å²) >= 11 is 0. The zero-order valence-electron chi connectivity index (χ0n) is 11.5. The van der Waals surface area contributed by atoms with E-state index in [1.165, 1.54) is 6.07 Å². The third-order valence-electron chi connectivity index (χ3n) is 4.17. The van der Waals surface area contributed by atoms with E-state index in [1.807, 2.05) is 30.3 Å². The molecule has 110 valence electrons. The molecular formula is C17H18FNO2. The second kappa shape index (κ2) is 5.93. The SMILES string of the molecule is OC[C@@H]1N[C@@H](CO)C1c1ccc(-c2ccccc2F)cc1. The molecule has 3 N–H and O–H groups in total. The van der Waals surface area contributed by atoms with Crippen molar-refractivity contribution in [2.24, 2.45) is 0 Å². The molecule has 4 heteroatoms. The van der Waals surface area contributed by atoms with Crippen LogP contribution in [0.15, 0.2) is 48.5 Å². The Morgan fingerprint density at radius 1 is 0.905 bits per heavy atom. The summed E-state index contributed by atoms with van der Waals surface area (Å²) in [5.41, 5.74) is 2.45. The predicted octanol–water partition coefficient (Wildman–Crippen LogP) is 1.90. The van der Waals surface area contributed by atoms with Gasteiger partial charge in [-0.1, -0.05) is 42.5 Å². The van der Waals surface area contributed by atoms with Crippen molar-refractivity contribution >= 4 is 0 Å². The van der Waals surface area contributed by atoms with Crippen molar-refractivity contribution < 1.29 is 14.6 Å². The van der Waals surface area contributed by atoms with E-state index >= 15 is 0 Å². The van der Waals surface area contributed by atoms with Crippen LogP contribution in [0, 0.1) is 5.82 Å². The molecule has 1 heterocycles. The van der Waals surface area contributed by atoms with Gasteiger partial charge in [-0.2, -0.15) is 0 Å². The standard InChI is InChI=1S/C17H18FNO2/c18-14-4-2-1-3-13(14)11-5-7-12(8-6-11)17-15(9-20)19-16(17)10-21/h1-8,15-17,19-21H,9-10H2/t15-,16-/m0/s1. The Hall–Kier alpha value is -1.75. The number of halogens is 1. The Morgan fingerprint density at radius 3 is 2.10 bits per heavy atom. The van der Waals surface area contributed by atoms with Gasteiger partial charge in [0.15, 0.2) is 0 Å². The number of hydrogen-bond donors (Lipinski definition) is 3. The molecule has 0 amide bonds. The van der Waals surface area contributed by atoms with Crippen molar-refractivity contribution in [3.63, 3.8) is 0 Å². The highest BCUT2D eigenvalue weighted by Gasteiger charge is 2.40. The minimum Gasteiger partial charge on any atom is -0.395 e. The van der Waals surface area contributed by atoms with Crippen LogP contribution in [-0.2, 0) is 0 Å². The van der Waals surface area contributed by atoms with Crippen molar-refractivity contribution in [1.82, 2.24) is 5.32 Å². The molecule has 1 aliphatic heterocycles. The fourth-order valence-corrected chi connectivity index (χ4v) is 3.02. The molecule has 0 spiro atoms. The molecule has 1 saturated heterocycles. The van der Waals surface area contributed by atoms with Crippen LogP contribution in [0.3, 0.4) is 0 Å². The van der Waals surface area contributed by atoms with E-state index in [9.17, 15) is 14.6 Å². The summed E-state index contributed by atoms with van der Waals surface area (Å²) in [7, 11) is 0. The fraction of sp³-hybridized carbons (Fsp3) is 0.294. The van der Waals surface area contributed by atoms with E-state index < -0.39 is 0 Å². The molecule has 3 rings (SSSR count). The van der Waals surface area contributed by atoms with Crippen LogP contribution in [0.5, 0.6) is 0 Å². The Bertz CT molecular complexity index is 604. The third kappa shape index (κ3) is 2.58. The topological polar surface area (TPSA) is 52.5 Å². The lowest BCUT2D eigenvalue weighted by molar-refractivity contribution is 0.0867. The molecule has 2 atom stereocenters. The highest BCUT2D eigenvalue weighted by Crippen LogP contribution is 2.33. The van der Waals surface area contributed by atoms with Gasteiger partial charge in [0.1, 0.15) is 5.82 Å². The van der Waals surface area contributed by atoms with Crippen LogP contribution in [0.2, 0.25) is 0 Å². The highest BCUT2D eigenvalue weighted by molar-refractivity contribution is 5.64. The lowest BCUT2D eigenvalue weighted by atomic mass is 9.78. The zero-order valence-corrected chi connectivity index (χ0v) is 11.5. The summed E-state index contributed by atoms with van der Waals surface area (Å²) in [5.74, 6) is -0.147. The van der Waals surface area contributed by atoms with E-state index in [-0.39, 0.29) is 37.0 Å². The van der Waals surface area contributed by atoms with Crippen molar-refractivity contribution in [2.75, 3.05) is 13.2 Å². The van der Waals surface area contributed by atoms with Gasteiger partial charge in [0.2, 0.25) is 0 Å². The average molecular weight is 287 g/mol. The Balaban J connectivity index is 1.86. The molecule has 0 saturated carbocycles. The maximum absolute atomic E-state index is 13.8. The minimum absolute atomic E-state index is 0.0264. The number of benzene rings is 2. The number of rotatable bonds is 4. The van der Waals surface area contributed by atoms with Crippen LogP contribution in [0.25, 0.3) is 11.1 Å². The maximum Gasteiger partial charge on any atom is 0.131 e. The van der Waals surface area contributed by atoms with E-state index in [4.69, 9.17) is 0 Å². The molecule has 1 fully saturated rings. The second-order valence-corrected chi connectivity index (χ2v) is 5.37. The van der Waals surface area contributed by atoms with Crippen LogP contribution in [-0.4, -0.2) is 35.5 Å². The van der Waals surface area contributed by atoms with Crippen LogP contribution in [0.4, 0.5) is 4.39 Å². The molecule has 2 aromatic carbocycles. The first-order chi connectivity index (χ1) is 10.2. The predicted molar refractivity (Wildman–Crippen MR) is 79.5 cm³/mol. The van der Waals surface area contributed by atoms with Crippen molar-refractivity contribution in [3.8, 4) is 11.1 Å². The summed E-state index contributed by atoms with van der Waals surface area (Å²) in [6.45, 7) is 0.0759. The van der Waals surface area contributed by atoms with Gasteiger partial charge >= 0.3 is 0 Å². The number of hydrogen-bond acceptors (Lipinski definition) is 3. The minimum atomic E-state index is -0.239. The van der Waals surface area contributed by atoms with Gasteiger partial charge in [-0.15, -0.1) is 0 Å². The summed E-state index contributed by atoms with van der Waals surface area (Å²) in [5, 5.41) is 21.7. The number of nitrogens with one attached hydrogen (secondary N) is 1. The quantitative estimate of drug-likeness (QED) is 0.805. The fourth-order valence-electron chi connectivity index (χ4n) is 3.02. The second-order valence-electron chi connectivity index (χ2n) is 5.37. The van der Waals surface area contributed by atoms with Crippen molar-refractivity contribution in [3.05, 3.63) is 59.9 Å². The molecule has 21 heavy (non-hydrogen) atoms. The molecule has 3 nitrogen and oxygen atoms in total. The third-order valence-corrected chi connectivity index (χ3v) is 4.17.